The molecular formula is C40H38N6O5S2. The van der Waals surface area contributed by atoms with Crippen LogP contribution in [0, 0.1) is 10.1 Å². The summed E-state index contributed by atoms with van der Waals surface area (Å²) in [5, 5.41) is 19.4. The number of nitro groups is 1. The molecule has 1 aromatic heterocycles. The van der Waals surface area contributed by atoms with Crippen molar-refractivity contribution in [3.63, 3.8) is 0 Å². The first kappa shape index (κ1) is 35.6. The minimum absolute atomic E-state index is 0.00308. The van der Waals surface area contributed by atoms with Gasteiger partial charge in [-0.2, -0.15) is 0 Å². The van der Waals surface area contributed by atoms with E-state index in [1.807, 2.05) is 54.6 Å². The molecule has 0 amide bonds. The van der Waals surface area contributed by atoms with Crippen LogP contribution in [0.4, 0.5) is 22.9 Å². The Morgan fingerprint density at radius 2 is 1.51 bits per heavy atom. The zero-order valence-electron chi connectivity index (χ0n) is 28.8. The molecule has 6 aromatic rings. The minimum Gasteiger partial charge on any atom is -0.379 e. The van der Waals surface area contributed by atoms with Crippen molar-refractivity contribution < 1.29 is 17.9 Å². The number of nitro benzene ring substituents is 1. The van der Waals surface area contributed by atoms with Gasteiger partial charge in [0, 0.05) is 72.8 Å². The molecule has 1 aliphatic heterocycles. The lowest BCUT2D eigenvalue weighted by molar-refractivity contribution is -0.384. The summed E-state index contributed by atoms with van der Waals surface area (Å²) in [4.78, 5) is 16.7. The second-order valence-electron chi connectivity index (χ2n) is 12.6. The third-order valence-electron chi connectivity index (χ3n) is 9.24. The molecule has 0 unspecified atom stereocenters. The Bertz CT molecular complexity index is 2270. The highest BCUT2D eigenvalue weighted by Crippen LogP contribution is 2.35. The molecule has 0 atom stereocenters. The zero-order chi connectivity index (χ0) is 36.8. The molecule has 0 saturated carbocycles. The van der Waals surface area contributed by atoms with Crippen molar-refractivity contribution in [2.24, 2.45) is 0 Å². The SMILES string of the molecule is C=C(C(c1ccccc1)c1ccccc1)N1CCN(c2ccc3c(NS(=O)(=O)c4ccc(NCCSc5ccccc5)c([N+](=O)[O-])c4)noc3c2)CC1. The summed E-state index contributed by atoms with van der Waals surface area (Å²) < 4.78 is 34.9. The van der Waals surface area contributed by atoms with E-state index >= 15 is 0 Å². The van der Waals surface area contributed by atoms with Crippen molar-refractivity contribution >= 4 is 55.6 Å². The number of thioether (sulfide) groups is 1. The van der Waals surface area contributed by atoms with Gasteiger partial charge < -0.3 is 19.6 Å². The molecule has 1 aliphatic rings. The van der Waals surface area contributed by atoms with Crippen molar-refractivity contribution in [1.29, 1.82) is 0 Å². The number of sulfonamides is 1. The maximum atomic E-state index is 13.4. The molecule has 7 rings (SSSR count). The van der Waals surface area contributed by atoms with Gasteiger partial charge in [-0.25, -0.2) is 8.42 Å². The van der Waals surface area contributed by atoms with Crippen LogP contribution in [-0.4, -0.2) is 61.9 Å². The van der Waals surface area contributed by atoms with E-state index in [1.165, 1.54) is 23.3 Å². The molecule has 0 bridgehead atoms. The van der Waals surface area contributed by atoms with E-state index in [0.29, 0.717) is 23.3 Å². The zero-order valence-corrected chi connectivity index (χ0v) is 30.4. The van der Waals surface area contributed by atoms with Gasteiger partial charge in [0.15, 0.2) is 11.4 Å². The Morgan fingerprint density at radius 3 is 2.15 bits per heavy atom. The molecule has 13 heteroatoms. The van der Waals surface area contributed by atoms with Crippen LogP contribution in [-0.2, 0) is 10.0 Å². The largest absolute Gasteiger partial charge is 0.379 e. The number of hydrogen-bond acceptors (Lipinski definition) is 10. The van der Waals surface area contributed by atoms with E-state index in [-0.39, 0.29) is 28.0 Å². The first-order chi connectivity index (χ1) is 25.8. The number of piperazine rings is 1. The number of hydrogen-bond donors (Lipinski definition) is 2. The number of allylic oxidation sites excluding steroid dienone is 1. The van der Waals surface area contributed by atoms with E-state index in [9.17, 15) is 18.5 Å². The predicted molar refractivity (Wildman–Crippen MR) is 211 cm³/mol. The van der Waals surface area contributed by atoms with Gasteiger partial charge in [-0.05, 0) is 47.5 Å². The van der Waals surface area contributed by atoms with E-state index < -0.39 is 14.9 Å². The fraction of sp³-hybridized carbons (Fsp3) is 0.175. The Balaban J connectivity index is 0.999. The van der Waals surface area contributed by atoms with Gasteiger partial charge in [0.25, 0.3) is 15.7 Å². The minimum atomic E-state index is -4.23. The van der Waals surface area contributed by atoms with Crippen molar-refractivity contribution in [1.82, 2.24) is 10.1 Å². The van der Waals surface area contributed by atoms with Gasteiger partial charge in [0.2, 0.25) is 0 Å². The van der Waals surface area contributed by atoms with Gasteiger partial charge >= 0.3 is 0 Å². The molecule has 53 heavy (non-hydrogen) atoms. The summed E-state index contributed by atoms with van der Waals surface area (Å²) in [7, 11) is -4.23. The smallest absolute Gasteiger partial charge is 0.293 e. The lowest BCUT2D eigenvalue weighted by Crippen LogP contribution is -2.46. The van der Waals surface area contributed by atoms with Crippen LogP contribution in [0.15, 0.2) is 154 Å². The standard InChI is InChI=1S/C40H38N6O5S2/c1-29(39(30-11-5-2-6-12-30)31-13-7-3-8-14-31)44-22-24-45(25-23-44)32-17-19-35-38(27-32)51-42-40(35)43-53(49,50)34-18-20-36(37(28-34)46(47)48)41-21-26-52-33-15-9-4-10-16-33/h2-20,27-28,39,41H,1,21-26H2,(H,42,43). The van der Waals surface area contributed by atoms with E-state index in [1.54, 1.807) is 17.8 Å². The Hall–Kier alpha value is -5.79. The summed E-state index contributed by atoms with van der Waals surface area (Å²) in [6.07, 6.45) is 0. The Kier molecular flexibility index (Phi) is 10.6. The molecule has 1 saturated heterocycles. The first-order valence-electron chi connectivity index (χ1n) is 17.2. The number of benzene rings is 5. The third-order valence-corrected chi connectivity index (χ3v) is 11.6. The van der Waals surface area contributed by atoms with E-state index in [0.717, 1.165) is 48.5 Å². The average Bonchev–Trinajstić information content (AvgIpc) is 3.58. The fourth-order valence-corrected chi connectivity index (χ4v) is 8.36. The number of aromatic nitrogens is 1. The normalized spacial score (nSPS) is 13.3. The van der Waals surface area contributed by atoms with Crippen molar-refractivity contribution in [3.05, 3.63) is 161 Å². The number of fused-ring (bicyclic) bond motifs is 1. The van der Waals surface area contributed by atoms with Crippen molar-refractivity contribution in [2.75, 3.05) is 53.4 Å². The highest BCUT2D eigenvalue weighted by Gasteiger charge is 2.27. The molecule has 11 nitrogen and oxygen atoms in total. The molecular weight excluding hydrogens is 709 g/mol. The molecule has 0 aliphatic carbocycles. The van der Waals surface area contributed by atoms with Crippen molar-refractivity contribution in [2.45, 2.75) is 15.7 Å². The third kappa shape index (κ3) is 8.16. The average molecular weight is 747 g/mol. The highest BCUT2D eigenvalue weighted by molar-refractivity contribution is 7.99. The molecule has 2 heterocycles. The van der Waals surface area contributed by atoms with Crippen molar-refractivity contribution in [3.8, 4) is 0 Å². The maximum absolute atomic E-state index is 13.4. The maximum Gasteiger partial charge on any atom is 0.293 e. The fourth-order valence-electron chi connectivity index (χ4n) is 6.54. The van der Waals surface area contributed by atoms with Crippen LogP contribution < -0.4 is 14.9 Å². The van der Waals surface area contributed by atoms with E-state index in [4.69, 9.17) is 4.52 Å². The number of nitrogens with zero attached hydrogens (tertiary/aromatic N) is 4. The summed E-state index contributed by atoms with van der Waals surface area (Å²) >= 11 is 1.61. The monoisotopic (exact) mass is 746 g/mol. The second-order valence-corrected chi connectivity index (χ2v) is 15.4. The van der Waals surface area contributed by atoms with Crippen LogP contribution in [0.5, 0.6) is 0 Å². The molecule has 0 radical (unpaired) electrons. The Morgan fingerprint density at radius 1 is 0.868 bits per heavy atom. The van der Waals surface area contributed by atoms with Crippen LogP contribution in [0.1, 0.15) is 17.0 Å². The number of rotatable bonds is 14. The number of anilines is 3. The summed E-state index contributed by atoms with van der Waals surface area (Å²) in [6, 6.07) is 40.0. The molecule has 1 fully saturated rings. The summed E-state index contributed by atoms with van der Waals surface area (Å²) in [5.41, 5.74) is 4.69. The topological polar surface area (TPSA) is 134 Å². The predicted octanol–water partition coefficient (Wildman–Crippen LogP) is 8.21. The van der Waals surface area contributed by atoms with Gasteiger partial charge in [-0.1, -0.05) is 90.6 Å². The van der Waals surface area contributed by atoms with Crippen LogP contribution in [0.2, 0.25) is 0 Å². The van der Waals surface area contributed by atoms with E-state index in [2.05, 4.69) is 80.1 Å². The lowest BCUT2D eigenvalue weighted by atomic mass is 9.88. The quantitative estimate of drug-likeness (QED) is 0.0486. The van der Waals surface area contributed by atoms with Gasteiger partial charge in [-0.3, -0.25) is 14.8 Å². The van der Waals surface area contributed by atoms with Gasteiger partial charge in [-0.15, -0.1) is 11.8 Å². The summed E-state index contributed by atoms with van der Waals surface area (Å²) in [5.74, 6) is 0.717. The van der Waals surface area contributed by atoms with Gasteiger partial charge in [0.05, 0.1) is 15.2 Å². The highest BCUT2D eigenvalue weighted by atomic mass is 32.2. The second kappa shape index (κ2) is 15.8. The molecule has 5 aromatic carbocycles. The summed E-state index contributed by atoms with van der Waals surface area (Å²) in [6.45, 7) is 8.07. The van der Waals surface area contributed by atoms with Gasteiger partial charge in [0.1, 0.15) is 5.69 Å². The Labute approximate surface area is 312 Å². The lowest BCUT2D eigenvalue weighted by Gasteiger charge is -2.40. The molecule has 2 N–H and O–H groups in total. The van der Waals surface area contributed by atoms with Crippen LogP contribution in [0.3, 0.4) is 0 Å². The molecule has 0 spiro atoms. The first-order valence-corrected chi connectivity index (χ1v) is 19.6. The number of nitrogens with one attached hydrogen (secondary N) is 2. The van der Waals surface area contributed by atoms with Crippen LogP contribution >= 0.6 is 11.8 Å². The molecule has 270 valence electrons. The van der Waals surface area contributed by atoms with Crippen LogP contribution in [0.25, 0.3) is 11.0 Å².